The molecule has 4 nitrogen and oxygen atoms in total. The standard InChI is InChI=1S/C16H30N2O2/c1-4-17-16(3,15(19)20-5-2)12-18(10-13-6-7-13)11-14-8-9-14/h13-14,17H,4-12H2,1-3H3. The van der Waals surface area contributed by atoms with Gasteiger partial charge >= 0.3 is 5.97 Å². The lowest BCUT2D eigenvalue weighted by Crippen LogP contribution is -2.58. The van der Waals surface area contributed by atoms with E-state index in [9.17, 15) is 4.79 Å². The molecule has 20 heavy (non-hydrogen) atoms. The van der Waals surface area contributed by atoms with E-state index in [1.807, 2.05) is 20.8 Å². The average molecular weight is 282 g/mol. The zero-order valence-corrected chi connectivity index (χ0v) is 13.3. The molecule has 2 rings (SSSR count). The molecule has 2 fully saturated rings. The van der Waals surface area contributed by atoms with Gasteiger partial charge in [0.05, 0.1) is 6.61 Å². The molecular formula is C16H30N2O2. The number of rotatable bonds is 10. The van der Waals surface area contributed by atoms with Crippen LogP contribution in [-0.2, 0) is 9.53 Å². The first-order valence-corrected chi connectivity index (χ1v) is 8.22. The van der Waals surface area contributed by atoms with Crippen LogP contribution in [0, 0.1) is 11.8 Å². The predicted octanol–water partition coefficient (Wildman–Crippen LogP) is 2.04. The van der Waals surface area contributed by atoms with Gasteiger partial charge in [-0.25, -0.2) is 0 Å². The minimum Gasteiger partial charge on any atom is -0.465 e. The molecule has 0 radical (unpaired) electrons. The molecule has 0 aromatic heterocycles. The van der Waals surface area contributed by atoms with Gasteiger partial charge in [-0.05, 0) is 57.9 Å². The summed E-state index contributed by atoms with van der Waals surface area (Å²) in [7, 11) is 0. The van der Waals surface area contributed by atoms with Gasteiger partial charge in [-0.15, -0.1) is 0 Å². The highest BCUT2D eigenvalue weighted by Gasteiger charge is 2.38. The number of esters is 1. The quantitative estimate of drug-likeness (QED) is 0.623. The SMILES string of the molecule is CCNC(C)(CN(CC1CC1)CC1CC1)C(=O)OCC. The molecule has 0 spiro atoms. The van der Waals surface area contributed by atoms with Gasteiger partial charge in [0.1, 0.15) is 5.54 Å². The Morgan fingerprint density at radius 3 is 2.15 bits per heavy atom. The first-order valence-electron chi connectivity index (χ1n) is 8.22. The number of hydrogen-bond donors (Lipinski definition) is 1. The van der Waals surface area contributed by atoms with Crippen LogP contribution in [0.5, 0.6) is 0 Å². The molecule has 0 heterocycles. The summed E-state index contributed by atoms with van der Waals surface area (Å²) in [5, 5.41) is 3.35. The molecule has 2 saturated carbocycles. The van der Waals surface area contributed by atoms with Crippen LogP contribution in [0.1, 0.15) is 46.5 Å². The van der Waals surface area contributed by atoms with E-state index >= 15 is 0 Å². The lowest BCUT2D eigenvalue weighted by atomic mass is 10.0. The van der Waals surface area contributed by atoms with Crippen LogP contribution < -0.4 is 5.32 Å². The summed E-state index contributed by atoms with van der Waals surface area (Å²) in [6.45, 7) is 10.2. The molecule has 2 aliphatic rings. The van der Waals surface area contributed by atoms with Crippen molar-refractivity contribution in [3.63, 3.8) is 0 Å². The zero-order chi connectivity index (χ0) is 14.6. The van der Waals surface area contributed by atoms with Crippen LogP contribution >= 0.6 is 0 Å². The summed E-state index contributed by atoms with van der Waals surface area (Å²) >= 11 is 0. The van der Waals surface area contributed by atoms with Crippen LogP contribution in [0.25, 0.3) is 0 Å². The smallest absolute Gasteiger partial charge is 0.327 e. The van der Waals surface area contributed by atoms with Gasteiger partial charge in [0.25, 0.3) is 0 Å². The Kier molecular flexibility index (Phi) is 5.44. The van der Waals surface area contributed by atoms with Crippen LogP contribution in [0.4, 0.5) is 0 Å². The van der Waals surface area contributed by atoms with Crippen molar-refractivity contribution in [1.82, 2.24) is 10.2 Å². The lowest BCUT2D eigenvalue weighted by molar-refractivity contribution is -0.151. The van der Waals surface area contributed by atoms with Crippen LogP contribution in [-0.4, -0.2) is 49.2 Å². The highest BCUT2D eigenvalue weighted by atomic mass is 16.5. The average Bonchev–Trinajstić information content (AvgIpc) is 3.26. The van der Waals surface area contributed by atoms with Crippen LogP contribution in [0.15, 0.2) is 0 Å². The van der Waals surface area contributed by atoms with Gasteiger partial charge in [0.2, 0.25) is 0 Å². The van der Waals surface area contributed by atoms with E-state index in [1.54, 1.807) is 0 Å². The highest BCUT2D eigenvalue weighted by molar-refractivity contribution is 5.80. The third-order valence-corrected chi connectivity index (χ3v) is 4.26. The van der Waals surface area contributed by atoms with Crippen molar-refractivity contribution < 1.29 is 9.53 Å². The summed E-state index contributed by atoms with van der Waals surface area (Å²) in [6.07, 6.45) is 5.44. The van der Waals surface area contributed by atoms with Crippen molar-refractivity contribution in [2.45, 2.75) is 52.0 Å². The van der Waals surface area contributed by atoms with Crippen LogP contribution in [0.3, 0.4) is 0 Å². The first kappa shape index (κ1) is 15.8. The fourth-order valence-electron chi connectivity index (χ4n) is 2.86. The number of nitrogens with one attached hydrogen (secondary N) is 1. The van der Waals surface area contributed by atoms with E-state index in [0.29, 0.717) is 6.61 Å². The molecule has 0 saturated heterocycles. The summed E-state index contributed by atoms with van der Waals surface area (Å²) in [6, 6.07) is 0. The molecule has 0 bridgehead atoms. The fourth-order valence-corrected chi connectivity index (χ4v) is 2.86. The van der Waals surface area contributed by atoms with Gasteiger partial charge in [0, 0.05) is 19.6 Å². The predicted molar refractivity (Wildman–Crippen MR) is 80.6 cm³/mol. The summed E-state index contributed by atoms with van der Waals surface area (Å²) in [4.78, 5) is 14.8. The molecule has 0 aromatic rings. The third kappa shape index (κ3) is 4.74. The summed E-state index contributed by atoms with van der Waals surface area (Å²) < 4.78 is 5.27. The Hall–Kier alpha value is -0.610. The summed E-state index contributed by atoms with van der Waals surface area (Å²) in [5.74, 6) is 1.61. The molecule has 0 aromatic carbocycles. The number of nitrogens with zero attached hydrogens (tertiary/aromatic N) is 1. The normalized spacial score (nSPS) is 21.8. The topological polar surface area (TPSA) is 41.6 Å². The Bertz CT molecular complexity index is 312. The molecule has 1 N–H and O–H groups in total. The van der Waals surface area contributed by atoms with Gasteiger partial charge in [-0.3, -0.25) is 4.79 Å². The number of ether oxygens (including phenoxy) is 1. The number of hydrogen-bond acceptors (Lipinski definition) is 4. The largest absolute Gasteiger partial charge is 0.465 e. The zero-order valence-electron chi connectivity index (χ0n) is 13.3. The van der Waals surface area contributed by atoms with E-state index in [-0.39, 0.29) is 5.97 Å². The molecular weight excluding hydrogens is 252 g/mol. The second kappa shape index (κ2) is 6.90. The molecule has 116 valence electrons. The van der Waals surface area contributed by atoms with E-state index in [2.05, 4.69) is 10.2 Å². The van der Waals surface area contributed by atoms with Crippen molar-refractivity contribution in [2.75, 3.05) is 32.8 Å². The minimum atomic E-state index is -0.575. The Balaban J connectivity index is 1.95. The van der Waals surface area contributed by atoms with Crippen LogP contribution in [0.2, 0.25) is 0 Å². The van der Waals surface area contributed by atoms with E-state index in [0.717, 1.165) is 38.0 Å². The highest BCUT2D eigenvalue weighted by Crippen LogP contribution is 2.34. The van der Waals surface area contributed by atoms with E-state index in [1.165, 1.54) is 25.7 Å². The molecule has 0 amide bonds. The molecule has 1 unspecified atom stereocenters. The van der Waals surface area contributed by atoms with E-state index in [4.69, 9.17) is 4.74 Å². The van der Waals surface area contributed by atoms with Crippen molar-refractivity contribution in [2.24, 2.45) is 11.8 Å². The molecule has 2 aliphatic carbocycles. The molecule has 1 atom stereocenters. The fraction of sp³-hybridized carbons (Fsp3) is 0.938. The van der Waals surface area contributed by atoms with Crippen molar-refractivity contribution in [3.05, 3.63) is 0 Å². The Labute approximate surface area is 123 Å². The van der Waals surface area contributed by atoms with Gasteiger partial charge in [-0.2, -0.15) is 0 Å². The maximum atomic E-state index is 12.3. The van der Waals surface area contributed by atoms with Crippen molar-refractivity contribution >= 4 is 5.97 Å². The first-order chi connectivity index (χ1) is 9.57. The third-order valence-electron chi connectivity index (χ3n) is 4.26. The van der Waals surface area contributed by atoms with Crippen molar-refractivity contribution in [3.8, 4) is 0 Å². The molecule has 0 aliphatic heterocycles. The van der Waals surface area contributed by atoms with Gasteiger partial charge in [0.15, 0.2) is 0 Å². The maximum Gasteiger partial charge on any atom is 0.327 e. The monoisotopic (exact) mass is 282 g/mol. The number of likely N-dealkylation sites (N-methyl/N-ethyl adjacent to an activating group) is 1. The number of carbonyl (C=O) groups excluding carboxylic acids is 1. The maximum absolute atomic E-state index is 12.3. The lowest BCUT2D eigenvalue weighted by Gasteiger charge is -2.34. The Morgan fingerprint density at radius 2 is 1.75 bits per heavy atom. The van der Waals surface area contributed by atoms with Crippen molar-refractivity contribution in [1.29, 1.82) is 0 Å². The Morgan fingerprint density at radius 1 is 1.20 bits per heavy atom. The number of carbonyl (C=O) groups is 1. The second-order valence-corrected chi connectivity index (χ2v) is 6.66. The minimum absolute atomic E-state index is 0.113. The van der Waals surface area contributed by atoms with Gasteiger partial charge < -0.3 is 15.0 Å². The second-order valence-electron chi connectivity index (χ2n) is 6.66. The van der Waals surface area contributed by atoms with Gasteiger partial charge in [-0.1, -0.05) is 6.92 Å². The summed E-state index contributed by atoms with van der Waals surface area (Å²) in [5.41, 5.74) is -0.575. The molecule has 4 heteroatoms. The van der Waals surface area contributed by atoms with E-state index < -0.39 is 5.54 Å².